The summed E-state index contributed by atoms with van der Waals surface area (Å²) in [7, 11) is 1.49. The van der Waals surface area contributed by atoms with Gasteiger partial charge in [-0.3, -0.25) is 4.79 Å². The zero-order chi connectivity index (χ0) is 21.5. The van der Waals surface area contributed by atoms with Gasteiger partial charge in [-0.25, -0.2) is 9.18 Å². The summed E-state index contributed by atoms with van der Waals surface area (Å²) in [6.07, 6.45) is -1.06. The highest BCUT2D eigenvalue weighted by atomic mass is 19.1. The van der Waals surface area contributed by atoms with E-state index < -0.39 is 23.2 Å². The lowest BCUT2D eigenvalue weighted by molar-refractivity contribution is -0.156. The molecule has 0 radical (unpaired) electrons. The highest BCUT2D eigenvalue weighted by molar-refractivity contribution is 5.75. The third-order valence-corrected chi connectivity index (χ3v) is 3.71. The van der Waals surface area contributed by atoms with Crippen LogP contribution in [0.15, 0.2) is 24.3 Å². The van der Waals surface area contributed by atoms with Crippen LogP contribution in [0.2, 0.25) is 0 Å². The van der Waals surface area contributed by atoms with E-state index in [2.05, 4.69) is 0 Å². The molecular formula is C21H32FNO5. The van der Waals surface area contributed by atoms with Crippen molar-refractivity contribution in [1.82, 2.24) is 4.90 Å². The minimum Gasteiger partial charge on any atom is -0.462 e. The van der Waals surface area contributed by atoms with Crippen LogP contribution in [-0.4, -0.2) is 48.9 Å². The van der Waals surface area contributed by atoms with Crippen LogP contribution in [0.25, 0.3) is 0 Å². The Morgan fingerprint density at radius 3 is 2.11 bits per heavy atom. The van der Waals surface area contributed by atoms with E-state index in [0.717, 1.165) is 5.56 Å². The molecule has 6 nitrogen and oxygen atoms in total. The molecule has 0 bridgehead atoms. The fourth-order valence-electron chi connectivity index (χ4n) is 2.17. The van der Waals surface area contributed by atoms with Crippen molar-refractivity contribution in [3.05, 3.63) is 35.6 Å². The number of halogens is 1. The number of ether oxygens (including phenoxy) is 3. The first-order valence-electron chi connectivity index (χ1n) is 9.24. The number of benzene rings is 1. The van der Waals surface area contributed by atoms with Gasteiger partial charge in [0, 0.05) is 13.7 Å². The number of carbonyl (C=O) groups excluding carboxylic acids is 2. The molecule has 158 valence electrons. The summed E-state index contributed by atoms with van der Waals surface area (Å²) >= 11 is 0. The van der Waals surface area contributed by atoms with Gasteiger partial charge in [-0.05, 0) is 59.2 Å². The second-order valence-electron chi connectivity index (χ2n) is 8.69. The quantitative estimate of drug-likeness (QED) is 0.646. The molecular weight excluding hydrogens is 365 g/mol. The maximum absolute atomic E-state index is 13.2. The Kier molecular flexibility index (Phi) is 8.42. The largest absolute Gasteiger partial charge is 0.462 e. The molecule has 0 saturated heterocycles. The minimum atomic E-state index is -0.667. The first-order chi connectivity index (χ1) is 12.8. The molecule has 1 unspecified atom stereocenters. The summed E-state index contributed by atoms with van der Waals surface area (Å²) in [5, 5.41) is 0. The molecule has 0 aliphatic carbocycles. The fourth-order valence-corrected chi connectivity index (χ4v) is 2.17. The monoisotopic (exact) mass is 397 g/mol. The van der Waals surface area contributed by atoms with Crippen LogP contribution in [0.4, 0.5) is 9.18 Å². The molecule has 7 heteroatoms. The van der Waals surface area contributed by atoms with Gasteiger partial charge in [-0.1, -0.05) is 12.1 Å². The van der Waals surface area contributed by atoms with Crippen molar-refractivity contribution in [2.45, 2.75) is 59.8 Å². The van der Waals surface area contributed by atoms with Crippen LogP contribution < -0.4 is 0 Å². The number of methoxy groups -OCH3 is 1. The number of hydrogen-bond donors (Lipinski definition) is 0. The van der Waals surface area contributed by atoms with Gasteiger partial charge in [0.15, 0.2) is 0 Å². The number of rotatable bonds is 7. The van der Waals surface area contributed by atoms with Gasteiger partial charge in [-0.15, -0.1) is 0 Å². The van der Waals surface area contributed by atoms with Crippen LogP contribution in [0.3, 0.4) is 0 Å². The minimum absolute atomic E-state index is 0.00925. The Balaban J connectivity index is 2.88. The molecule has 0 saturated carbocycles. The third kappa shape index (κ3) is 8.69. The van der Waals surface area contributed by atoms with Crippen molar-refractivity contribution in [3.63, 3.8) is 0 Å². The molecule has 0 aliphatic rings. The van der Waals surface area contributed by atoms with Gasteiger partial charge in [0.2, 0.25) is 0 Å². The molecule has 28 heavy (non-hydrogen) atoms. The number of esters is 1. The number of carbonyl (C=O) groups is 2. The van der Waals surface area contributed by atoms with E-state index in [-0.39, 0.29) is 31.5 Å². The summed E-state index contributed by atoms with van der Waals surface area (Å²) in [6.45, 7) is 11.0. The van der Waals surface area contributed by atoms with Crippen molar-refractivity contribution >= 4 is 12.1 Å². The topological polar surface area (TPSA) is 65.1 Å². The average molecular weight is 397 g/mol. The van der Waals surface area contributed by atoms with E-state index in [0.29, 0.717) is 0 Å². The van der Waals surface area contributed by atoms with Crippen LogP contribution in [0.1, 0.15) is 47.1 Å². The highest BCUT2D eigenvalue weighted by Gasteiger charge is 2.28. The zero-order valence-corrected chi connectivity index (χ0v) is 17.9. The lowest BCUT2D eigenvalue weighted by Crippen LogP contribution is -2.43. The van der Waals surface area contributed by atoms with Crippen LogP contribution in [-0.2, 0) is 25.5 Å². The van der Waals surface area contributed by atoms with E-state index in [4.69, 9.17) is 14.2 Å². The van der Waals surface area contributed by atoms with E-state index in [1.54, 1.807) is 53.7 Å². The van der Waals surface area contributed by atoms with Crippen LogP contribution in [0, 0.1) is 11.2 Å². The standard InChI is InChI=1S/C21H32FNO5/c1-20(2,3)18(24)27-14-17(26-7)13-23(19(25)28-21(4,5)6)12-15-8-10-16(22)11-9-15/h8-11,17H,12-14H2,1-7H3. The van der Waals surface area contributed by atoms with E-state index in [9.17, 15) is 14.0 Å². The molecule has 0 spiro atoms. The number of nitrogens with zero attached hydrogens (tertiary/aromatic N) is 1. The van der Waals surface area contributed by atoms with Gasteiger partial charge < -0.3 is 19.1 Å². The summed E-state index contributed by atoms with van der Waals surface area (Å²) in [5.41, 5.74) is -0.551. The Labute approximate surface area is 166 Å². The van der Waals surface area contributed by atoms with Crippen molar-refractivity contribution in [2.75, 3.05) is 20.3 Å². The Hall–Kier alpha value is -2.15. The molecule has 1 atom stereocenters. The Bertz CT molecular complexity index is 646. The lowest BCUT2D eigenvalue weighted by atomic mass is 9.97. The summed E-state index contributed by atoms with van der Waals surface area (Å²) in [4.78, 5) is 26.1. The molecule has 0 aliphatic heterocycles. The first-order valence-corrected chi connectivity index (χ1v) is 9.24. The summed E-state index contributed by atoms with van der Waals surface area (Å²) in [6, 6.07) is 5.88. The SMILES string of the molecule is COC(COC(=O)C(C)(C)C)CN(Cc1ccc(F)cc1)C(=O)OC(C)(C)C. The molecule has 0 fully saturated rings. The smallest absolute Gasteiger partial charge is 0.410 e. The molecule has 1 rings (SSSR count). The van der Waals surface area contributed by atoms with E-state index in [1.165, 1.54) is 24.1 Å². The van der Waals surface area contributed by atoms with E-state index >= 15 is 0 Å². The maximum atomic E-state index is 13.2. The normalized spacial score (nSPS) is 13.0. The van der Waals surface area contributed by atoms with Gasteiger partial charge in [0.05, 0.1) is 12.0 Å². The molecule has 0 N–H and O–H groups in total. The second kappa shape index (κ2) is 9.87. The average Bonchev–Trinajstić information content (AvgIpc) is 2.56. The molecule has 1 aromatic rings. The van der Waals surface area contributed by atoms with Gasteiger partial charge >= 0.3 is 12.1 Å². The molecule has 1 aromatic carbocycles. The Morgan fingerprint density at radius 1 is 1.07 bits per heavy atom. The molecule has 1 amide bonds. The highest BCUT2D eigenvalue weighted by Crippen LogP contribution is 2.17. The van der Waals surface area contributed by atoms with Gasteiger partial charge in [0.1, 0.15) is 24.1 Å². The van der Waals surface area contributed by atoms with Crippen molar-refractivity contribution in [2.24, 2.45) is 5.41 Å². The van der Waals surface area contributed by atoms with E-state index in [1.807, 2.05) is 0 Å². The van der Waals surface area contributed by atoms with Crippen molar-refractivity contribution in [3.8, 4) is 0 Å². The zero-order valence-electron chi connectivity index (χ0n) is 17.9. The Morgan fingerprint density at radius 2 is 1.64 bits per heavy atom. The van der Waals surface area contributed by atoms with Crippen molar-refractivity contribution in [1.29, 1.82) is 0 Å². The maximum Gasteiger partial charge on any atom is 0.410 e. The second-order valence-corrected chi connectivity index (χ2v) is 8.69. The molecule has 0 aromatic heterocycles. The van der Waals surface area contributed by atoms with Gasteiger partial charge in [-0.2, -0.15) is 0 Å². The third-order valence-electron chi connectivity index (χ3n) is 3.71. The summed E-state index contributed by atoms with van der Waals surface area (Å²) < 4.78 is 29.3. The van der Waals surface area contributed by atoms with Crippen LogP contribution >= 0.6 is 0 Å². The van der Waals surface area contributed by atoms with Crippen LogP contribution in [0.5, 0.6) is 0 Å². The predicted octanol–water partition coefficient (Wildman–Crippen LogP) is 4.17. The van der Waals surface area contributed by atoms with Crippen molar-refractivity contribution < 1.29 is 28.2 Å². The fraction of sp³-hybridized carbons (Fsp3) is 0.619. The van der Waals surface area contributed by atoms with Gasteiger partial charge in [0.25, 0.3) is 0 Å². The number of hydrogen-bond acceptors (Lipinski definition) is 5. The lowest BCUT2D eigenvalue weighted by Gasteiger charge is -2.30. The summed E-state index contributed by atoms with van der Waals surface area (Å²) in [5.74, 6) is -0.701. The number of amides is 1. The first kappa shape index (κ1) is 23.9. The molecule has 0 heterocycles. The predicted molar refractivity (Wildman–Crippen MR) is 104 cm³/mol.